The lowest BCUT2D eigenvalue weighted by molar-refractivity contribution is -0.126. The van der Waals surface area contributed by atoms with Crippen molar-refractivity contribution in [1.29, 1.82) is 0 Å². The summed E-state index contributed by atoms with van der Waals surface area (Å²) < 4.78 is 28.4. The van der Waals surface area contributed by atoms with Crippen LogP contribution in [-0.4, -0.2) is 31.4 Å². The zero-order valence-corrected chi connectivity index (χ0v) is 15.0. The smallest absolute Gasteiger partial charge is 0.387 e. The third kappa shape index (κ3) is 8.31. The van der Waals surface area contributed by atoms with Crippen LogP contribution in [0, 0.1) is 0 Å². The van der Waals surface area contributed by atoms with Crippen molar-refractivity contribution >= 4 is 12.1 Å². The number of halogens is 2. The van der Waals surface area contributed by atoms with E-state index in [-0.39, 0.29) is 24.3 Å². The first-order valence-corrected chi connectivity index (χ1v) is 8.56. The van der Waals surface area contributed by atoms with Crippen LogP contribution < -0.4 is 10.1 Å². The molecule has 0 aliphatic carbocycles. The van der Waals surface area contributed by atoms with Gasteiger partial charge < -0.3 is 14.9 Å². The highest BCUT2D eigenvalue weighted by atomic mass is 19.3. The van der Waals surface area contributed by atoms with Gasteiger partial charge in [-0.1, -0.05) is 35.5 Å². The number of hydrogen-bond acceptors (Lipinski definition) is 4. The summed E-state index contributed by atoms with van der Waals surface area (Å²) in [6, 6.07) is 16.0. The molecule has 2 aromatic carbocycles. The van der Waals surface area contributed by atoms with E-state index in [1.165, 1.54) is 23.9 Å². The molecular formula is C20H22F2N2O3. The van der Waals surface area contributed by atoms with Gasteiger partial charge in [-0.15, -0.1) is 0 Å². The average molecular weight is 376 g/mol. The number of benzene rings is 2. The Morgan fingerprint density at radius 2 is 1.85 bits per heavy atom. The maximum atomic E-state index is 12.1. The van der Waals surface area contributed by atoms with Crippen molar-refractivity contribution in [1.82, 2.24) is 5.32 Å². The second-order valence-corrected chi connectivity index (χ2v) is 5.95. The molecule has 0 aromatic heterocycles. The molecule has 2 rings (SSSR count). The molecule has 0 saturated heterocycles. The Morgan fingerprint density at radius 3 is 2.52 bits per heavy atom. The summed E-state index contributed by atoms with van der Waals surface area (Å²) in [6.07, 6.45) is 3.09. The average Bonchev–Trinajstić information content (AvgIpc) is 2.65. The van der Waals surface area contributed by atoms with Gasteiger partial charge in [0, 0.05) is 6.04 Å². The third-order valence-corrected chi connectivity index (χ3v) is 3.69. The minimum absolute atomic E-state index is 0.0210. The Labute approximate surface area is 157 Å². The highest BCUT2D eigenvalue weighted by molar-refractivity contribution is 5.80. The van der Waals surface area contributed by atoms with E-state index in [1.54, 1.807) is 12.1 Å². The summed E-state index contributed by atoms with van der Waals surface area (Å²) in [6.45, 7) is -1.12. The molecule has 7 heteroatoms. The molecule has 0 unspecified atom stereocenters. The van der Waals surface area contributed by atoms with Gasteiger partial charge in [-0.25, -0.2) is 0 Å². The van der Waals surface area contributed by atoms with Crippen LogP contribution in [0.25, 0.3) is 0 Å². The van der Waals surface area contributed by atoms with Crippen LogP contribution >= 0.6 is 0 Å². The first kappa shape index (κ1) is 20.4. The SMILES string of the molecule is C[C@H](CCc1ccccc1)NC(=O)CO/N=C\c1ccc(OC(F)F)cc1. The van der Waals surface area contributed by atoms with Gasteiger partial charge in [0.05, 0.1) is 6.21 Å². The Morgan fingerprint density at radius 1 is 1.15 bits per heavy atom. The van der Waals surface area contributed by atoms with Gasteiger partial charge in [-0.05, 0) is 55.2 Å². The molecule has 0 heterocycles. The number of alkyl halides is 2. The second kappa shape index (κ2) is 10.9. The monoisotopic (exact) mass is 376 g/mol. The zero-order chi connectivity index (χ0) is 19.5. The Hall–Kier alpha value is -2.96. The molecule has 1 atom stereocenters. The topological polar surface area (TPSA) is 59.9 Å². The number of ether oxygens (including phenoxy) is 1. The lowest BCUT2D eigenvalue weighted by Crippen LogP contribution is -2.35. The number of oxime groups is 1. The van der Waals surface area contributed by atoms with Crippen molar-refractivity contribution in [3.05, 3.63) is 65.7 Å². The van der Waals surface area contributed by atoms with Gasteiger partial charge in [0.2, 0.25) is 0 Å². The molecule has 0 fully saturated rings. The highest BCUT2D eigenvalue weighted by Gasteiger charge is 2.08. The maximum absolute atomic E-state index is 12.1. The molecule has 2 aromatic rings. The molecular weight excluding hydrogens is 354 g/mol. The van der Waals surface area contributed by atoms with E-state index in [9.17, 15) is 13.6 Å². The van der Waals surface area contributed by atoms with E-state index in [1.807, 2.05) is 25.1 Å². The second-order valence-electron chi connectivity index (χ2n) is 5.95. The van der Waals surface area contributed by atoms with Crippen molar-refractivity contribution in [2.24, 2.45) is 5.16 Å². The fourth-order valence-electron chi connectivity index (χ4n) is 2.35. The summed E-state index contributed by atoms with van der Waals surface area (Å²) in [5.41, 5.74) is 1.86. The van der Waals surface area contributed by atoms with Crippen molar-refractivity contribution in [2.75, 3.05) is 6.61 Å². The van der Waals surface area contributed by atoms with Crippen LogP contribution in [-0.2, 0) is 16.1 Å². The predicted molar refractivity (Wildman–Crippen MR) is 99.0 cm³/mol. The number of carbonyl (C=O) groups is 1. The standard InChI is InChI=1S/C20H22F2N2O3/c1-15(7-8-16-5-3-2-4-6-16)24-19(25)14-26-23-13-17-9-11-18(12-10-17)27-20(21)22/h2-6,9-13,15,20H,7-8,14H2,1H3,(H,24,25)/b23-13-/t15-/m1/s1. The molecule has 144 valence electrons. The van der Waals surface area contributed by atoms with Crippen LogP contribution in [0.1, 0.15) is 24.5 Å². The van der Waals surface area contributed by atoms with E-state index in [4.69, 9.17) is 4.84 Å². The largest absolute Gasteiger partial charge is 0.435 e. The fraction of sp³-hybridized carbons (Fsp3) is 0.300. The minimum atomic E-state index is -2.86. The lowest BCUT2D eigenvalue weighted by Gasteiger charge is -2.13. The van der Waals surface area contributed by atoms with E-state index in [0.717, 1.165) is 12.8 Å². The molecule has 27 heavy (non-hydrogen) atoms. The fourth-order valence-corrected chi connectivity index (χ4v) is 2.35. The number of amides is 1. The van der Waals surface area contributed by atoms with Gasteiger partial charge in [-0.2, -0.15) is 8.78 Å². The summed E-state index contributed by atoms with van der Waals surface area (Å²) in [5, 5.41) is 6.55. The molecule has 5 nitrogen and oxygen atoms in total. The molecule has 0 aliphatic rings. The first-order chi connectivity index (χ1) is 13.0. The summed E-state index contributed by atoms with van der Waals surface area (Å²) in [5.74, 6) is -0.194. The molecule has 0 bridgehead atoms. The number of aryl methyl sites for hydroxylation is 1. The third-order valence-electron chi connectivity index (χ3n) is 3.69. The highest BCUT2D eigenvalue weighted by Crippen LogP contribution is 2.14. The van der Waals surface area contributed by atoms with E-state index in [0.29, 0.717) is 5.56 Å². The van der Waals surface area contributed by atoms with Crippen LogP contribution in [0.3, 0.4) is 0 Å². The summed E-state index contributed by atoms with van der Waals surface area (Å²) in [7, 11) is 0. The number of nitrogens with zero attached hydrogens (tertiary/aromatic N) is 1. The predicted octanol–water partition coefficient (Wildman–Crippen LogP) is 3.78. The molecule has 1 amide bonds. The number of carbonyl (C=O) groups excluding carboxylic acids is 1. The zero-order valence-electron chi connectivity index (χ0n) is 15.0. The Balaban J connectivity index is 1.65. The van der Waals surface area contributed by atoms with Gasteiger partial charge >= 0.3 is 6.61 Å². The summed E-state index contributed by atoms with van der Waals surface area (Å²) >= 11 is 0. The van der Waals surface area contributed by atoms with E-state index in [2.05, 4.69) is 27.3 Å². The quantitative estimate of drug-likeness (QED) is 0.507. The summed E-state index contributed by atoms with van der Waals surface area (Å²) in [4.78, 5) is 16.8. The van der Waals surface area contributed by atoms with Crippen LogP contribution in [0.15, 0.2) is 59.8 Å². The molecule has 0 aliphatic heterocycles. The maximum Gasteiger partial charge on any atom is 0.387 e. The molecule has 1 N–H and O–H groups in total. The van der Waals surface area contributed by atoms with E-state index >= 15 is 0 Å². The van der Waals surface area contributed by atoms with Crippen molar-refractivity contribution < 1.29 is 23.1 Å². The van der Waals surface area contributed by atoms with E-state index < -0.39 is 6.61 Å². The Kier molecular flexibility index (Phi) is 8.22. The number of hydrogen-bond donors (Lipinski definition) is 1. The van der Waals surface area contributed by atoms with Crippen molar-refractivity contribution in [3.63, 3.8) is 0 Å². The number of rotatable bonds is 10. The van der Waals surface area contributed by atoms with Crippen LogP contribution in [0.2, 0.25) is 0 Å². The minimum Gasteiger partial charge on any atom is -0.435 e. The molecule has 0 saturated carbocycles. The van der Waals surface area contributed by atoms with Gasteiger partial charge in [0.15, 0.2) is 6.61 Å². The van der Waals surface area contributed by atoms with Crippen LogP contribution in [0.4, 0.5) is 8.78 Å². The van der Waals surface area contributed by atoms with Gasteiger partial charge in [0.25, 0.3) is 5.91 Å². The Bertz CT molecular complexity index is 722. The van der Waals surface area contributed by atoms with Crippen LogP contribution in [0.5, 0.6) is 5.75 Å². The van der Waals surface area contributed by atoms with Crippen molar-refractivity contribution in [2.45, 2.75) is 32.4 Å². The molecule has 0 spiro atoms. The lowest BCUT2D eigenvalue weighted by atomic mass is 10.1. The number of nitrogens with one attached hydrogen (secondary N) is 1. The van der Waals surface area contributed by atoms with Gasteiger partial charge in [-0.3, -0.25) is 4.79 Å². The molecule has 0 radical (unpaired) electrons. The van der Waals surface area contributed by atoms with Gasteiger partial charge in [0.1, 0.15) is 5.75 Å². The van der Waals surface area contributed by atoms with Crippen molar-refractivity contribution in [3.8, 4) is 5.75 Å². The normalized spacial score (nSPS) is 12.1. The first-order valence-electron chi connectivity index (χ1n) is 8.56.